The van der Waals surface area contributed by atoms with E-state index >= 15 is 0 Å². The first kappa shape index (κ1) is 11.4. The molecule has 1 amide bonds. The third-order valence-corrected chi connectivity index (χ3v) is 2.68. The van der Waals surface area contributed by atoms with Gasteiger partial charge in [-0.1, -0.05) is 19.1 Å². The molecule has 2 atom stereocenters. The lowest BCUT2D eigenvalue weighted by atomic mass is 9.96. The van der Waals surface area contributed by atoms with Gasteiger partial charge < -0.3 is 15.7 Å². The Kier molecular flexibility index (Phi) is 3.83. The summed E-state index contributed by atoms with van der Waals surface area (Å²) in [5, 5.41) is 9.47. The Morgan fingerprint density at radius 1 is 1.71 bits per heavy atom. The number of likely N-dealkylation sites (tertiary alicyclic amines) is 1. The van der Waals surface area contributed by atoms with Crippen molar-refractivity contribution in [2.75, 3.05) is 13.1 Å². The zero-order valence-corrected chi connectivity index (χ0v) is 9.09. The lowest BCUT2D eigenvalue weighted by Gasteiger charge is -2.34. The quantitative estimate of drug-likeness (QED) is 0.632. The monoisotopic (exact) mass is 216 g/mol. The van der Waals surface area contributed by atoms with Crippen LogP contribution in [0.3, 0.4) is 0 Å². The number of aliphatic hydroxyl groups excluding tert-OH is 1. The highest BCUT2D eigenvalue weighted by Gasteiger charge is 2.26. The molecule has 0 aromatic heterocycles. The second-order valence-electron chi connectivity index (χ2n) is 3.82. The van der Waals surface area contributed by atoms with Crippen LogP contribution in [0.15, 0.2) is 0 Å². The summed E-state index contributed by atoms with van der Waals surface area (Å²) in [7, 11) is 0. The minimum absolute atomic E-state index is 0.0312. The number of piperidine rings is 1. The van der Waals surface area contributed by atoms with Crippen molar-refractivity contribution in [3.63, 3.8) is 0 Å². The summed E-state index contributed by atoms with van der Waals surface area (Å²) in [4.78, 5) is 13.5. The Labute approximate surface area is 89.1 Å². The molecule has 3 N–H and O–H groups in total. The van der Waals surface area contributed by atoms with Crippen LogP contribution >= 0.6 is 12.2 Å². The number of nitrogens with two attached hydrogens (primary N) is 1. The molecule has 1 fully saturated rings. The van der Waals surface area contributed by atoms with E-state index in [9.17, 15) is 9.90 Å². The van der Waals surface area contributed by atoms with Crippen molar-refractivity contribution in [3.05, 3.63) is 0 Å². The van der Waals surface area contributed by atoms with Gasteiger partial charge in [0.05, 0.1) is 17.5 Å². The number of hydrogen-bond acceptors (Lipinski definition) is 3. The molecule has 0 radical (unpaired) electrons. The van der Waals surface area contributed by atoms with Gasteiger partial charge in [0.15, 0.2) is 0 Å². The minimum Gasteiger partial charge on any atom is -0.393 e. The number of hydrogen-bond donors (Lipinski definition) is 2. The average molecular weight is 216 g/mol. The number of carbonyl (C=O) groups excluding carboxylic acids is 1. The maximum absolute atomic E-state index is 11.5. The van der Waals surface area contributed by atoms with Crippen LogP contribution in [0.4, 0.5) is 0 Å². The molecular formula is C9H16N2O2S. The van der Waals surface area contributed by atoms with Crippen molar-refractivity contribution in [2.24, 2.45) is 11.7 Å². The van der Waals surface area contributed by atoms with Crippen LogP contribution in [0.1, 0.15) is 19.8 Å². The largest absolute Gasteiger partial charge is 0.393 e. The Hall–Kier alpha value is -0.680. The van der Waals surface area contributed by atoms with Crippen LogP contribution in [0.2, 0.25) is 0 Å². The number of rotatable bonds is 2. The standard InChI is InChI=1S/C9H16N2O2S/c1-6-5-11(3-2-7(6)12)9(13)4-8(10)14/h6-7,12H,2-5H2,1H3,(H2,10,14). The molecule has 14 heavy (non-hydrogen) atoms. The smallest absolute Gasteiger partial charge is 0.229 e. The van der Waals surface area contributed by atoms with Crippen molar-refractivity contribution < 1.29 is 9.90 Å². The zero-order chi connectivity index (χ0) is 10.7. The van der Waals surface area contributed by atoms with Gasteiger partial charge >= 0.3 is 0 Å². The van der Waals surface area contributed by atoms with E-state index in [1.165, 1.54) is 0 Å². The van der Waals surface area contributed by atoms with Gasteiger partial charge in [-0.3, -0.25) is 4.79 Å². The molecule has 0 aromatic rings. The van der Waals surface area contributed by atoms with E-state index in [0.717, 1.165) is 0 Å². The second-order valence-corrected chi connectivity index (χ2v) is 4.34. The van der Waals surface area contributed by atoms with Gasteiger partial charge in [0.2, 0.25) is 5.91 Å². The van der Waals surface area contributed by atoms with Crippen LogP contribution in [-0.4, -0.2) is 40.1 Å². The first-order valence-electron chi connectivity index (χ1n) is 4.75. The van der Waals surface area contributed by atoms with Gasteiger partial charge in [-0.25, -0.2) is 0 Å². The highest BCUT2D eigenvalue weighted by Crippen LogP contribution is 2.16. The van der Waals surface area contributed by atoms with E-state index in [1.54, 1.807) is 4.90 Å². The van der Waals surface area contributed by atoms with Gasteiger partial charge in [0.25, 0.3) is 0 Å². The first-order chi connectivity index (χ1) is 6.50. The van der Waals surface area contributed by atoms with Crippen LogP contribution in [0, 0.1) is 5.92 Å². The molecule has 2 unspecified atom stereocenters. The van der Waals surface area contributed by atoms with Gasteiger partial charge in [0, 0.05) is 13.1 Å². The number of carbonyl (C=O) groups is 1. The van der Waals surface area contributed by atoms with Crippen molar-refractivity contribution in [3.8, 4) is 0 Å². The van der Waals surface area contributed by atoms with Crippen LogP contribution < -0.4 is 5.73 Å². The fraction of sp³-hybridized carbons (Fsp3) is 0.778. The Morgan fingerprint density at radius 3 is 2.86 bits per heavy atom. The van der Waals surface area contributed by atoms with Gasteiger partial charge in [-0.2, -0.15) is 0 Å². The normalized spacial score (nSPS) is 27.4. The third kappa shape index (κ3) is 2.92. The Balaban J connectivity index is 2.46. The van der Waals surface area contributed by atoms with Crippen LogP contribution in [-0.2, 0) is 4.79 Å². The van der Waals surface area contributed by atoms with E-state index in [-0.39, 0.29) is 29.3 Å². The summed E-state index contributed by atoms with van der Waals surface area (Å²) >= 11 is 4.67. The minimum atomic E-state index is -0.288. The summed E-state index contributed by atoms with van der Waals surface area (Å²) in [6, 6.07) is 0. The lowest BCUT2D eigenvalue weighted by molar-refractivity contribution is -0.133. The summed E-state index contributed by atoms with van der Waals surface area (Å²) in [5.41, 5.74) is 5.30. The summed E-state index contributed by atoms with van der Waals surface area (Å²) in [6.07, 6.45) is 0.492. The maximum Gasteiger partial charge on any atom is 0.229 e. The molecule has 4 nitrogen and oxygen atoms in total. The molecule has 1 heterocycles. The molecule has 0 aliphatic carbocycles. The molecule has 0 spiro atoms. The average Bonchev–Trinajstić information content (AvgIpc) is 2.08. The molecule has 0 aromatic carbocycles. The predicted molar refractivity (Wildman–Crippen MR) is 57.8 cm³/mol. The zero-order valence-electron chi connectivity index (χ0n) is 8.27. The third-order valence-electron chi connectivity index (χ3n) is 2.54. The summed E-state index contributed by atoms with van der Waals surface area (Å²) < 4.78 is 0. The molecule has 1 aliphatic heterocycles. The lowest BCUT2D eigenvalue weighted by Crippen LogP contribution is -2.45. The van der Waals surface area contributed by atoms with Gasteiger partial charge in [-0.05, 0) is 12.3 Å². The predicted octanol–water partition coefficient (Wildman–Crippen LogP) is -0.108. The SMILES string of the molecule is CC1CN(C(=O)CC(N)=S)CCC1O. The molecule has 1 rings (SSSR count). The van der Waals surface area contributed by atoms with E-state index in [0.29, 0.717) is 19.5 Å². The van der Waals surface area contributed by atoms with Crippen molar-refractivity contribution >= 4 is 23.1 Å². The first-order valence-corrected chi connectivity index (χ1v) is 5.15. The van der Waals surface area contributed by atoms with E-state index in [1.807, 2.05) is 6.92 Å². The van der Waals surface area contributed by atoms with Gasteiger partial charge in [-0.15, -0.1) is 0 Å². The summed E-state index contributed by atoms with van der Waals surface area (Å²) in [5.74, 6) is 0.107. The molecule has 1 saturated heterocycles. The van der Waals surface area contributed by atoms with E-state index in [4.69, 9.17) is 5.73 Å². The highest BCUT2D eigenvalue weighted by molar-refractivity contribution is 7.80. The van der Waals surface area contributed by atoms with E-state index < -0.39 is 0 Å². The second kappa shape index (κ2) is 4.70. The molecule has 1 aliphatic rings. The topological polar surface area (TPSA) is 66.6 Å². The fourth-order valence-corrected chi connectivity index (χ4v) is 1.74. The molecule has 80 valence electrons. The van der Waals surface area contributed by atoms with Crippen LogP contribution in [0.25, 0.3) is 0 Å². The molecule has 0 bridgehead atoms. The van der Waals surface area contributed by atoms with Gasteiger partial charge in [0.1, 0.15) is 0 Å². The Morgan fingerprint density at radius 2 is 2.36 bits per heavy atom. The number of aliphatic hydroxyl groups is 1. The molecular weight excluding hydrogens is 200 g/mol. The van der Waals surface area contributed by atoms with Crippen molar-refractivity contribution in [1.82, 2.24) is 4.90 Å². The van der Waals surface area contributed by atoms with E-state index in [2.05, 4.69) is 12.2 Å². The maximum atomic E-state index is 11.5. The van der Waals surface area contributed by atoms with Crippen molar-refractivity contribution in [2.45, 2.75) is 25.9 Å². The van der Waals surface area contributed by atoms with Crippen LogP contribution in [0.5, 0.6) is 0 Å². The summed E-state index contributed by atoms with van der Waals surface area (Å²) in [6.45, 7) is 3.14. The number of thiocarbonyl (C=S) groups is 1. The fourth-order valence-electron chi connectivity index (χ4n) is 1.62. The van der Waals surface area contributed by atoms with Crippen molar-refractivity contribution in [1.29, 1.82) is 0 Å². The number of amides is 1. The number of nitrogens with zero attached hydrogens (tertiary/aromatic N) is 1. The molecule has 5 heteroatoms. The Bertz CT molecular complexity index is 245. The highest BCUT2D eigenvalue weighted by atomic mass is 32.1. The molecule has 0 saturated carbocycles.